The molecule has 1 unspecified atom stereocenters. The van der Waals surface area contributed by atoms with E-state index in [9.17, 15) is 0 Å². The Morgan fingerprint density at radius 3 is 2.70 bits per heavy atom. The van der Waals surface area contributed by atoms with Gasteiger partial charge >= 0.3 is 0 Å². The molecule has 0 aliphatic heterocycles. The Bertz CT molecular complexity index is 392. The predicted molar refractivity (Wildman–Crippen MR) is 90.2 cm³/mol. The largest absolute Gasteiger partial charge is 0.379 e. The van der Waals surface area contributed by atoms with E-state index in [1.54, 1.807) is 7.11 Å². The third-order valence-electron chi connectivity index (χ3n) is 3.70. The van der Waals surface area contributed by atoms with E-state index in [4.69, 9.17) is 4.74 Å². The van der Waals surface area contributed by atoms with Crippen molar-refractivity contribution >= 4 is 15.9 Å². The lowest BCUT2D eigenvalue weighted by atomic mass is 9.95. The minimum absolute atomic E-state index is 0.0383. The number of benzene rings is 1. The molecule has 0 aromatic heterocycles. The van der Waals surface area contributed by atoms with Crippen molar-refractivity contribution in [1.29, 1.82) is 0 Å². The first-order chi connectivity index (χ1) is 9.46. The van der Waals surface area contributed by atoms with E-state index >= 15 is 0 Å². The van der Waals surface area contributed by atoms with Crippen LogP contribution in [0.15, 0.2) is 28.7 Å². The maximum Gasteiger partial charge on any atom is 0.0623 e. The third kappa shape index (κ3) is 6.87. The van der Waals surface area contributed by atoms with Crippen molar-refractivity contribution in [1.82, 2.24) is 5.32 Å². The Morgan fingerprint density at radius 2 is 2.10 bits per heavy atom. The van der Waals surface area contributed by atoms with Crippen molar-refractivity contribution in [3.05, 3.63) is 34.3 Å². The van der Waals surface area contributed by atoms with Gasteiger partial charge in [0, 0.05) is 17.6 Å². The number of methoxy groups -OCH3 is 1. The molecule has 3 heteroatoms. The van der Waals surface area contributed by atoms with Crippen molar-refractivity contribution in [3.8, 4) is 0 Å². The van der Waals surface area contributed by atoms with Gasteiger partial charge in [-0.1, -0.05) is 35.0 Å². The molecule has 1 N–H and O–H groups in total. The van der Waals surface area contributed by atoms with E-state index < -0.39 is 0 Å². The second-order valence-corrected chi connectivity index (χ2v) is 6.90. The minimum Gasteiger partial charge on any atom is -0.379 e. The molecule has 0 radical (unpaired) electrons. The molecule has 1 aromatic rings. The number of hydrogen-bond donors (Lipinski definition) is 1. The maximum absolute atomic E-state index is 5.53. The normalized spacial score (nSPS) is 13.4. The second-order valence-electron chi connectivity index (χ2n) is 5.99. The Morgan fingerprint density at radius 1 is 1.35 bits per heavy atom. The van der Waals surface area contributed by atoms with Crippen LogP contribution >= 0.6 is 15.9 Å². The van der Waals surface area contributed by atoms with Crippen LogP contribution in [-0.4, -0.2) is 25.3 Å². The molecule has 0 fully saturated rings. The summed E-state index contributed by atoms with van der Waals surface area (Å²) in [6.07, 6.45) is 4.44. The number of hydrogen-bond acceptors (Lipinski definition) is 2. The molecule has 0 saturated carbocycles. The van der Waals surface area contributed by atoms with Gasteiger partial charge in [-0.2, -0.15) is 0 Å². The molecule has 1 rings (SSSR count). The first-order valence-corrected chi connectivity index (χ1v) is 8.29. The van der Waals surface area contributed by atoms with Gasteiger partial charge < -0.3 is 10.1 Å². The quantitative estimate of drug-likeness (QED) is 0.710. The van der Waals surface area contributed by atoms with Gasteiger partial charge in [0.25, 0.3) is 0 Å². The summed E-state index contributed by atoms with van der Waals surface area (Å²) in [5.41, 5.74) is 1.34. The predicted octanol–water partition coefficient (Wildman–Crippen LogP) is 4.57. The van der Waals surface area contributed by atoms with Crippen molar-refractivity contribution in [2.75, 3.05) is 13.7 Å². The summed E-state index contributed by atoms with van der Waals surface area (Å²) in [6, 6.07) is 9.11. The zero-order valence-electron chi connectivity index (χ0n) is 13.2. The van der Waals surface area contributed by atoms with Crippen molar-refractivity contribution < 1.29 is 4.74 Å². The van der Waals surface area contributed by atoms with Crippen LogP contribution in [0.3, 0.4) is 0 Å². The van der Waals surface area contributed by atoms with E-state index in [1.165, 1.54) is 12.0 Å². The molecule has 0 spiro atoms. The summed E-state index contributed by atoms with van der Waals surface area (Å²) in [5.74, 6) is 0. The molecule has 0 aliphatic rings. The summed E-state index contributed by atoms with van der Waals surface area (Å²) in [6.45, 7) is 7.60. The monoisotopic (exact) mass is 341 g/mol. The molecule has 0 heterocycles. The fourth-order valence-electron chi connectivity index (χ4n) is 2.20. The molecule has 2 nitrogen and oxygen atoms in total. The molecule has 0 bridgehead atoms. The summed E-state index contributed by atoms with van der Waals surface area (Å²) < 4.78 is 6.68. The Balaban J connectivity index is 2.59. The van der Waals surface area contributed by atoms with E-state index in [-0.39, 0.29) is 5.60 Å². The van der Waals surface area contributed by atoms with Crippen LogP contribution in [0, 0.1) is 0 Å². The van der Waals surface area contributed by atoms with Crippen molar-refractivity contribution in [3.63, 3.8) is 0 Å². The highest BCUT2D eigenvalue weighted by molar-refractivity contribution is 9.10. The van der Waals surface area contributed by atoms with E-state index in [0.29, 0.717) is 6.04 Å². The fraction of sp³-hybridized carbons (Fsp3) is 0.647. The Labute approximate surface area is 132 Å². The summed E-state index contributed by atoms with van der Waals surface area (Å²) in [5, 5.41) is 3.66. The average molecular weight is 342 g/mol. The molecule has 0 saturated heterocycles. The molecule has 0 amide bonds. The van der Waals surface area contributed by atoms with Gasteiger partial charge in [-0.3, -0.25) is 0 Å². The summed E-state index contributed by atoms with van der Waals surface area (Å²) in [4.78, 5) is 0. The van der Waals surface area contributed by atoms with Crippen LogP contribution in [0.5, 0.6) is 0 Å². The fourth-order valence-corrected chi connectivity index (χ4v) is 2.64. The first kappa shape index (κ1) is 17.7. The van der Waals surface area contributed by atoms with Crippen molar-refractivity contribution in [2.45, 2.75) is 58.1 Å². The molecule has 20 heavy (non-hydrogen) atoms. The van der Waals surface area contributed by atoms with Gasteiger partial charge in [-0.15, -0.1) is 0 Å². The molecular formula is C17H28BrNO. The topological polar surface area (TPSA) is 21.3 Å². The SMILES string of the molecule is CCCNC(CCC(C)(C)OC)Cc1cccc(Br)c1. The van der Waals surface area contributed by atoms with Crippen LogP contribution in [0.1, 0.15) is 45.6 Å². The maximum atomic E-state index is 5.53. The smallest absolute Gasteiger partial charge is 0.0623 e. The Hall–Kier alpha value is -0.380. The van der Waals surface area contributed by atoms with Crippen LogP contribution in [0.4, 0.5) is 0 Å². The lowest BCUT2D eigenvalue weighted by Crippen LogP contribution is -2.34. The van der Waals surface area contributed by atoms with E-state index in [0.717, 1.165) is 30.3 Å². The highest BCUT2D eigenvalue weighted by Crippen LogP contribution is 2.19. The average Bonchev–Trinajstić information content (AvgIpc) is 2.42. The summed E-state index contributed by atoms with van der Waals surface area (Å²) >= 11 is 3.55. The molecular weight excluding hydrogens is 314 g/mol. The zero-order chi connectivity index (χ0) is 15.0. The van der Waals surface area contributed by atoms with Gasteiger partial charge in [0.15, 0.2) is 0 Å². The van der Waals surface area contributed by atoms with Crippen LogP contribution in [0.25, 0.3) is 0 Å². The first-order valence-electron chi connectivity index (χ1n) is 7.50. The number of halogens is 1. The van der Waals surface area contributed by atoms with Crippen molar-refractivity contribution in [2.24, 2.45) is 0 Å². The molecule has 1 aromatic carbocycles. The Kier molecular flexibility index (Phi) is 7.78. The second kappa shape index (κ2) is 8.81. The standard InChI is InChI=1S/C17H28BrNO/c1-5-11-19-16(9-10-17(2,3)20-4)13-14-7-6-8-15(18)12-14/h6-8,12,16,19H,5,9-11,13H2,1-4H3. The minimum atomic E-state index is -0.0383. The molecule has 0 aliphatic carbocycles. The molecule has 114 valence electrons. The van der Waals surface area contributed by atoms with Crippen LogP contribution < -0.4 is 5.32 Å². The van der Waals surface area contributed by atoms with Crippen LogP contribution in [-0.2, 0) is 11.2 Å². The lowest BCUT2D eigenvalue weighted by Gasteiger charge is -2.26. The molecule has 1 atom stereocenters. The third-order valence-corrected chi connectivity index (χ3v) is 4.19. The number of nitrogens with one attached hydrogen (secondary N) is 1. The number of ether oxygens (including phenoxy) is 1. The van der Waals surface area contributed by atoms with Gasteiger partial charge in [0.2, 0.25) is 0 Å². The van der Waals surface area contributed by atoms with E-state index in [2.05, 4.69) is 66.3 Å². The van der Waals surface area contributed by atoms with Crippen LogP contribution in [0.2, 0.25) is 0 Å². The lowest BCUT2D eigenvalue weighted by molar-refractivity contribution is 0.0117. The van der Waals surface area contributed by atoms with Gasteiger partial charge in [0.05, 0.1) is 5.60 Å². The van der Waals surface area contributed by atoms with Gasteiger partial charge in [-0.25, -0.2) is 0 Å². The highest BCUT2D eigenvalue weighted by atomic mass is 79.9. The highest BCUT2D eigenvalue weighted by Gasteiger charge is 2.19. The van der Waals surface area contributed by atoms with Gasteiger partial charge in [0.1, 0.15) is 0 Å². The summed E-state index contributed by atoms with van der Waals surface area (Å²) in [7, 11) is 1.79. The van der Waals surface area contributed by atoms with Gasteiger partial charge in [-0.05, 0) is 63.8 Å². The number of rotatable bonds is 9. The zero-order valence-corrected chi connectivity index (χ0v) is 14.8. The van der Waals surface area contributed by atoms with E-state index in [1.807, 2.05) is 0 Å².